The molecule has 0 aromatic carbocycles. The number of ether oxygens (including phenoxy) is 2. The molecule has 0 aromatic heterocycles. The van der Waals surface area contributed by atoms with E-state index in [0.29, 0.717) is 0 Å². The van der Waals surface area contributed by atoms with Crippen molar-refractivity contribution in [2.75, 3.05) is 6.61 Å². The molecular formula is C6H12O5. The van der Waals surface area contributed by atoms with Crippen molar-refractivity contribution in [3.8, 4) is 0 Å². The number of aliphatic hydroxyl groups is 3. The summed E-state index contributed by atoms with van der Waals surface area (Å²) in [5, 5.41) is 26.2. The Morgan fingerprint density at radius 1 is 1.64 bits per heavy atom. The zero-order chi connectivity index (χ0) is 8.43. The molecule has 1 rings (SSSR count). The molecule has 5 heteroatoms. The van der Waals surface area contributed by atoms with Gasteiger partial charge in [-0.1, -0.05) is 0 Å². The maximum Gasteiger partial charge on any atom is 0.212 e. The highest BCUT2D eigenvalue weighted by Crippen LogP contribution is 2.22. The molecule has 3 N–H and O–H groups in total. The fourth-order valence-electron chi connectivity index (χ4n) is 0.673. The molecule has 0 amide bonds. The van der Waals surface area contributed by atoms with Gasteiger partial charge in [-0.2, -0.15) is 0 Å². The summed E-state index contributed by atoms with van der Waals surface area (Å²) in [4.78, 5) is 0. The lowest BCUT2D eigenvalue weighted by Gasteiger charge is -2.15. The maximum atomic E-state index is 8.95. The molecule has 1 aliphatic heterocycles. The van der Waals surface area contributed by atoms with E-state index in [0.717, 1.165) is 0 Å². The minimum absolute atomic E-state index is 0.287. The fraction of sp³-hybridized carbons (Fsp3) is 1.00. The van der Waals surface area contributed by atoms with E-state index in [9.17, 15) is 0 Å². The van der Waals surface area contributed by atoms with Gasteiger partial charge in [0.05, 0.1) is 12.7 Å². The van der Waals surface area contributed by atoms with Crippen molar-refractivity contribution in [1.82, 2.24) is 0 Å². The van der Waals surface area contributed by atoms with E-state index in [1.54, 1.807) is 0 Å². The van der Waals surface area contributed by atoms with Gasteiger partial charge in [-0.05, 0) is 6.92 Å². The first-order chi connectivity index (χ1) is 5.15. The van der Waals surface area contributed by atoms with Crippen LogP contribution in [0.5, 0.6) is 0 Å². The van der Waals surface area contributed by atoms with E-state index in [2.05, 4.69) is 4.74 Å². The standard InChI is InChI=1S/C6H12O5/c1-3(8)4(2-7)10-6-5(9)11-6/h3-9H,2H2,1H3/t3?,4?,5-,6?/m1/s1. The molecule has 0 aliphatic carbocycles. The van der Waals surface area contributed by atoms with Gasteiger partial charge in [0, 0.05) is 0 Å². The lowest BCUT2D eigenvalue weighted by atomic mass is 10.2. The average Bonchev–Trinajstić information content (AvgIpc) is 2.61. The van der Waals surface area contributed by atoms with Gasteiger partial charge in [0.2, 0.25) is 12.6 Å². The molecule has 1 aliphatic rings. The summed E-state index contributed by atoms with van der Waals surface area (Å²) in [6, 6.07) is 0. The van der Waals surface area contributed by atoms with Gasteiger partial charge >= 0.3 is 0 Å². The molecule has 1 fully saturated rings. The highest BCUT2D eigenvalue weighted by atomic mass is 16.8. The number of hydrogen-bond donors (Lipinski definition) is 3. The van der Waals surface area contributed by atoms with Gasteiger partial charge in [0.25, 0.3) is 0 Å². The molecule has 0 aromatic rings. The molecule has 3 unspecified atom stereocenters. The molecule has 0 radical (unpaired) electrons. The summed E-state index contributed by atoms with van der Waals surface area (Å²) in [6.07, 6.45) is -3.03. The Bertz CT molecular complexity index is 126. The van der Waals surface area contributed by atoms with Gasteiger partial charge in [-0.15, -0.1) is 0 Å². The van der Waals surface area contributed by atoms with Crippen molar-refractivity contribution in [2.45, 2.75) is 31.7 Å². The molecule has 1 heterocycles. The quantitative estimate of drug-likeness (QED) is 0.437. The zero-order valence-electron chi connectivity index (χ0n) is 6.17. The largest absolute Gasteiger partial charge is 0.394 e. The Kier molecular flexibility index (Phi) is 2.80. The molecule has 1 saturated heterocycles. The van der Waals surface area contributed by atoms with E-state index in [1.807, 2.05) is 0 Å². The topological polar surface area (TPSA) is 82.5 Å². The Balaban J connectivity index is 2.21. The van der Waals surface area contributed by atoms with Crippen molar-refractivity contribution >= 4 is 0 Å². The molecule has 66 valence electrons. The minimum Gasteiger partial charge on any atom is -0.394 e. The summed E-state index contributed by atoms with van der Waals surface area (Å²) in [7, 11) is 0. The second-order valence-electron chi connectivity index (χ2n) is 2.49. The van der Waals surface area contributed by atoms with Crippen LogP contribution in [-0.4, -0.2) is 46.7 Å². The third-order valence-electron chi connectivity index (χ3n) is 1.46. The van der Waals surface area contributed by atoms with Gasteiger partial charge in [0.15, 0.2) is 0 Å². The first kappa shape index (κ1) is 8.89. The van der Waals surface area contributed by atoms with Crippen LogP contribution in [0.4, 0.5) is 0 Å². The van der Waals surface area contributed by atoms with Crippen molar-refractivity contribution in [1.29, 1.82) is 0 Å². The van der Waals surface area contributed by atoms with E-state index in [4.69, 9.17) is 20.1 Å². The fourth-order valence-corrected chi connectivity index (χ4v) is 0.673. The van der Waals surface area contributed by atoms with Crippen molar-refractivity contribution in [3.05, 3.63) is 0 Å². The monoisotopic (exact) mass is 164 g/mol. The van der Waals surface area contributed by atoms with Crippen LogP contribution in [0.2, 0.25) is 0 Å². The normalized spacial score (nSPS) is 34.9. The summed E-state index contributed by atoms with van der Waals surface area (Å²) in [5.41, 5.74) is 0. The van der Waals surface area contributed by atoms with Crippen LogP contribution in [0, 0.1) is 0 Å². The predicted octanol–water partition coefficient (Wildman–Crippen LogP) is -1.58. The average molecular weight is 164 g/mol. The van der Waals surface area contributed by atoms with Crippen LogP contribution in [0.25, 0.3) is 0 Å². The second kappa shape index (κ2) is 3.46. The summed E-state index contributed by atoms with van der Waals surface area (Å²) in [6.45, 7) is 1.21. The minimum atomic E-state index is -0.900. The van der Waals surface area contributed by atoms with Gasteiger partial charge < -0.3 is 24.8 Å². The molecule has 0 bridgehead atoms. The Labute approximate surface area is 64.2 Å². The molecular weight excluding hydrogens is 152 g/mol. The zero-order valence-corrected chi connectivity index (χ0v) is 6.17. The van der Waals surface area contributed by atoms with Crippen LogP contribution in [-0.2, 0) is 9.47 Å². The second-order valence-corrected chi connectivity index (χ2v) is 2.49. The lowest BCUT2D eigenvalue weighted by Crippen LogP contribution is -2.31. The van der Waals surface area contributed by atoms with Crippen LogP contribution >= 0.6 is 0 Å². The highest BCUT2D eigenvalue weighted by molar-refractivity contribution is 4.70. The first-order valence-corrected chi connectivity index (χ1v) is 3.43. The van der Waals surface area contributed by atoms with Gasteiger partial charge in [0.1, 0.15) is 6.10 Å². The van der Waals surface area contributed by atoms with E-state index < -0.39 is 24.8 Å². The lowest BCUT2D eigenvalue weighted by molar-refractivity contribution is -0.0908. The van der Waals surface area contributed by atoms with E-state index >= 15 is 0 Å². The number of epoxide rings is 1. The van der Waals surface area contributed by atoms with Crippen molar-refractivity contribution in [3.63, 3.8) is 0 Å². The third kappa shape index (κ3) is 2.39. The Morgan fingerprint density at radius 2 is 2.18 bits per heavy atom. The molecule has 0 saturated carbocycles. The summed E-state index contributed by atoms with van der Waals surface area (Å²) >= 11 is 0. The number of hydrogen-bond acceptors (Lipinski definition) is 5. The number of rotatable bonds is 4. The van der Waals surface area contributed by atoms with Crippen LogP contribution < -0.4 is 0 Å². The van der Waals surface area contributed by atoms with Crippen molar-refractivity contribution in [2.24, 2.45) is 0 Å². The Hall–Kier alpha value is -0.200. The van der Waals surface area contributed by atoms with Gasteiger partial charge in [-0.25, -0.2) is 0 Å². The molecule has 0 spiro atoms. The first-order valence-electron chi connectivity index (χ1n) is 3.43. The highest BCUT2D eigenvalue weighted by Gasteiger charge is 2.40. The maximum absolute atomic E-state index is 8.95. The number of aliphatic hydroxyl groups excluding tert-OH is 3. The summed E-state index contributed by atoms with van der Waals surface area (Å²) < 4.78 is 9.42. The van der Waals surface area contributed by atoms with Crippen molar-refractivity contribution < 1.29 is 24.8 Å². The van der Waals surface area contributed by atoms with Crippen LogP contribution in [0.3, 0.4) is 0 Å². The van der Waals surface area contributed by atoms with E-state index in [-0.39, 0.29) is 6.61 Å². The molecule has 5 nitrogen and oxygen atoms in total. The van der Waals surface area contributed by atoms with Crippen LogP contribution in [0.15, 0.2) is 0 Å². The van der Waals surface area contributed by atoms with E-state index in [1.165, 1.54) is 6.92 Å². The SMILES string of the molecule is CC(O)C(CO)OC1O[C@H]1O. The smallest absolute Gasteiger partial charge is 0.212 e. The molecule has 11 heavy (non-hydrogen) atoms. The third-order valence-corrected chi connectivity index (χ3v) is 1.46. The van der Waals surface area contributed by atoms with Gasteiger partial charge in [-0.3, -0.25) is 0 Å². The summed E-state index contributed by atoms with van der Waals surface area (Å²) in [5.74, 6) is 0. The Morgan fingerprint density at radius 3 is 2.45 bits per heavy atom. The molecule has 4 atom stereocenters. The van der Waals surface area contributed by atoms with Crippen LogP contribution in [0.1, 0.15) is 6.92 Å². The predicted molar refractivity (Wildman–Crippen MR) is 34.5 cm³/mol.